The Labute approximate surface area is 115 Å². The van der Waals surface area contributed by atoms with Gasteiger partial charge in [-0.3, -0.25) is 4.79 Å². The second-order valence-corrected chi connectivity index (χ2v) is 4.63. The Balaban J connectivity index is 1.73. The molecule has 2 aromatic rings. The summed E-state index contributed by atoms with van der Waals surface area (Å²) in [5.74, 6) is 0.520. The summed E-state index contributed by atoms with van der Waals surface area (Å²) >= 11 is 1.51. The van der Waals surface area contributed by atoms with Crippen LogP contribution in [0.25, 0.3) is 0 Å². The number of thiazole rings is 1. The second-order valence-electron chi connectivity index (χ2n) is 3.77. The summed E-state index contributed by atoms with van der Waals surface area (Å²) in [7, 11) is 1.81. The highest BCUT2D eigenvalue weighted by molar-refractivity contribution is 7.13. The van der Waals surface area contributed by atoms with Gasteiger partial charge in [-0.05, 0) is 12.1 Å². The number of nitrogens with zero attached hydrogens (tertiary/aromatic N) is 1. The number of benzene rings is 1. The lowest BCUT2D eigenvalue weighted by Gasteiger charge is -2.06. The van der Waals surface area contributed by atoms with E-state index in [2.05, 4.69) is 15.6 Å². The SMILES string of the molecule is CNc1nc(CNC(=O)COc2ccccc2)cs1. The van der Waals surface area contributed by atoms with Crippen LogP contribution in [0, 0.1) is 0 Å². The van der Waals surface area contributed by atoms with Gasteiger partial charge < -0.3 is 15.4 Å². The predicted molar refractivity (Wildman–Crippen MR) is 75.4 cm³/mol. The maximum atomic E-state index is 11.6. The Kier molecular flexibility index (Phi) is 4.74. The zero-order valence-electron chi connectivity index (χ0n) is 10.6. The number of anilines is 1. The molecule has 0 fully saturated rings. The number of ether oxygens (including phenoxy) is 1. The number of hydrogen-bond donors (Lipinski definition) is 2. The molecule has 6 heteroatoms. The van der Waals surface area contributed by atoms with Crippen LogP contribution >= 0.6 is 11.3 Å². The molecule has 0 atom stereocenters. The van der Waals surface area contributed by atoms with Crippen LogP contribution in [0.1, 0.15) is 5.69 Å². The average molecular weight is 277 g/mol. The van der Waals surface area contributed by atoms with Gasteiger partial charge in [0.15, 0.2) is 11.7 Å². The molecule has 100 valence electrons. The summed E-state index contributed by atoms with van der Waals surface area (Å²) < 4.78 is 5.34. The Bertz CT molecular complexity index is 528. The molecule has 0 aliphatic rings. The number of hydrogen-bond acceptors (Lipinski definition) is 5. The largest absolute Gasteiger partial charge is 0.484 e. The van der Waals surface area contributed by atoms with Crippen LogP contribution in [0.15, 0.2) is 35.7 Å². The third kappa shape index (κ3) is 4.26. The summed E-state index contributed by atoms with van der Waals surface area (Å²) in [6.45, 7) is 0.419. The van der Waals surface area contributed by atoms with Gasteiger partial charge >= 0.3 is 0 Å². The molecule has 1 heterocycles. The van der Waals surface area contributed by atoms with Crippen molar-refractivity contribution in [1.29, 1.82) is 0 Å². The average Bonchev–Trinajstić information content (AvgIpc) is 2.92. The minimum Gasteiger partial charge on any atom is -0.484 e. The van der Waals surface area contributed by atoms with Crippen molar-refractivity contribution in [3.8, 4) is 5.75 Å². The van der Waals surface area contributed by atoms with Gasteiger partial charge in [-0.2, -0.15) is 0 Å². The van der Waals surface area contributed by atoms with Crippen LogP contribution in [0.4, 0.5) is 5.13 Å². The summed E-state index contributed by atoms with van der Waals surface area (Å²) in [5.41, 5.74) is 0.836. The highest BCUT2D eigenvalue weighted by Crippen LogP contribution is 2.13. The number of aromatic nitrogens is 1. The fraction of sp³-hybridized carbons (Fsp3) is 0.231. The Hall–Kier alpha value is -2.08. The fourth-order valence-corrected chi connectivity index (χ4v) is 2.08. The van der Waals surface area contributed by atoms with E-state index in [1.807, 2.05) is 42.8 Å². The van der Waals surface area contributed by atoms with Crippen molar-refractivity contribution < 1.29 is 9.53 Å². The Morgan fingerprint density at radius 1 is 1.37 bits per heavy atom. The molecule has 0 saturated heterocycles. The quantitative estimate of drug-likeness (QED) is 0.846. The van der Waals surface area contributed by atoms with Gasteiger partial charge in [0.05, 0.1) is 12.2 Å². The second kappa shape index (κ2) is 6.75. The molecule has 19 heavy (non-hydrogen) atoms. The van der Waals surface area contributed by atoms with E-state index < -0.39 is 0 Å². The standard InChI is InChI=1S/C13H15N3O2S/c1-14-13-16-10(9-19-13)7-15-12(17)8-18-11-5-3-2-4-6-11/h2-6,9H,7-8H2,1H3,(H,14,16)(H,15,17). The van der Waals surface area contributed by atoms with E-state index in [1.165, 1.54) is 11.3 Å². The first-order valence-electron chi connectivity index (χ1n) is 5.84. The van der Waals surface area contributed by atoms with Gasteiger partial charge in [0.25, 0.3) is 5.91 Å². The normalized spacial score (nSPS) is 9.95. The molecular formula is C13H15N3O2S. The van der Waals surface area contributed by atoms with Crippen LogP contribution < -0.4 is 15.4 Å². The minimum atomic E-state index is -0.164. The number of para-hydroxylation sites is 1. The van der Waals surface area contributed by atoms with Gasteiger partial charge in [0, 0.05) is 12.4 Å². The molecule has 0 spiro atoms. The van der Waals surface area contributed by atoms with E-state index in [1.54, 1.807) is 0 Å². The van der Waals surface area contributed by atoms with Crippen molar-refractivity contribution in [3.63, 3.8) is 0 Å². The third-order valence-electron chi connectivity index (χ3n) is 2.35. The molecule has 0 aliphatic heterocycles. The lowest BCUT2D eigenvalue weighted by molar-refractivity contribution is -0.123. The van der Waals surface area contributed by atoms with E-state index >= 15 is 0 Å². The van der Waals surface area contributed by atoms with E-state index in [9.17, 15) is 4.79 Å². The summed E-state index contributed by atoms with van der Waals surface area (Å²) in [6.07, 6.45) is 0. The lowest BCUT2D eigenvalue weighted by atomic mass is 10.3. The van der Waals surface area contributed by atoms with Crippen molar-refractivity contribution in [2.24, 2.45) is 0 Å². The minimum absolute atomic E-state index is 0.00698. The smallest absolute Gasteiger partial charge is 0.258 e. The first kappa shape index (κ1) is 13.4. The highest BCUT2D eigenvalue weighted by Gasteiger charge is 2.05. The Morgan fingerprint density at radius 3 is 2.84 bits per heavy atom. The van der Waals surface area contributed by atoms with Gasteiger partial charge in [0.1, 0.15) is 5.75 Å². The number of carbonyl (C=O) groups is 1. The van der Waals surface area contributed by atoms with Crippen LogP contribution in [0.2, 0.25) is 0 Å². The van der Waals surface area contributed by atoms with Crippen LogP contribution in [0.5, 0.6) is 5.75 Å². The number of amides is 1. The van der Waals surface area contributed by atoms with E-state index in [0.29, 0.717) is 12.3 Å². The number of carbonyl (C=O) groups excluding carboxylic acids is 1. The molecular weight excluding hydrogens is 262 g/mol. The summed E-state index contributed by atoms with van der Waals surface area (Å²) in [5, 5.41) is 8.46. The maximum absolute atomic E-state index is 11.6. The molecule has 0 bridgehead atoms. The summed E-state index contributed by atoms with van der Waals surface area (Å²) in [6, 6.07) is 9.25. The first-order valence-corrected chi connectivity index (χ1v) is 6.72. The van der Waals surface area contributed by atoms with Crippen molar-refractivity contribution in [1.82, 2.24) is 10.3 Å². The van der Waals surface area contributed by atoms with Crippen LogP contribution in [-0.4, -0.2) is 24.5 Å². The molecule has 2 N–H and O–H groups in total. The van der Waals surface area contributed by atoms with Gasteiger partial charge in [-0.25, -0.2) is 4.98 Å². The van der Waals surface area contributed by atoms with Crippen molar-refractivity contribution >= 4 is 22.4 Å². The van der Waals surface area contributed by atoms with E-state index in [-0.39, 0.29) is 12.5 Å². The molecule has 1 aromatic heterocycles. The fourth-order valence-electron chi connectivity index (χ4n) is 1.41. The number of nitrogens with one attached hydrogen (secondary N) is 2. The van der Waals surface area contributed by atoms with Crippen LogP contribution in [0.3, 0.4) is 0 Å². The molecule has 1 aromatic carbocycles. The highest BCUT2D eigenvalue weighted by atomic mass is 32.1. The lowest BCUT2D eigenvalue weighted by Crippen LogP contribution is -2.28. The molecule has 0 aliphatic carbocycles. The molecule has 0 radical (unpaired) electrons. The predicted octanol–water partition coefficient (Wildman–Crippen LogP) is 1.88. The van der Waals surface area contributed by atoms with Gasteiger partial charge in [0.2, 0.25) is 0 Å². The third-order valence-corrected chi connectivity index (χ3v) is 3.25. The molecule has 1 amide bonds. The zero-order chi connectivity index (χ0) is 13.5. The van der Waals surface area contributed by atoms with Gasteiger partial charge in [-0.1, -0.05) is 18.2 Å². The van der Waals surface area contributed by atoms with E-state index in [4.69, 9.17) is 4.74 Å². The summed E-state index contributed by atoms with van der Waals surface area (Å²) in [4.78, 5) is 15.9. The van der Waals surface area contributed by atoms with Crippen LogP contribution in [-0.2, 0) is 11.3 Å². The maximum Gasteiger partial charge on any atom is 0.258 e. The molecule has 0 saturated carbocycles. The topological polar surface area (TPSA) is 63.2 Å². The van der Waals surface area contributed by atoms with E-state index in [0.717, 1.165) is 10.8 Å². The number of rotatable bonds is 6. The van der Waals surface area contributed by atoms with Crippen molar-refractivity contribution in [2.45, 2.75) is 6.54 Å². The molecule has 2 rings (SSSR count). The zero-order valence-corrected chi connectivity index (χ0v) is 11.4. The Morgan fingerprint density at radius 2 is 2.16 bits per heavy atom. The molecule has 0 unspecified atom stereocenters. The first-order chi connectivity index (χ1) is 9.28. The van der Waals surface area contributed by atoms with Crippen molar-refractivity contribution in [3.05, 3.63) is 41.4 Å². The monoisotopic (exact) mass is 277 g/mol. The van der Waals surface area contributed by atoms with Crippen molar-refractivity contribution in [2.75, 3.05) is 19.0 Å². The van der Waals surface area contributed by atoms with Gasteiger partial charge in [-0.15, -0.1) is 11.3 Å². The molecule has 5 nitrogen and oxygen atoms in total.